The highest BCUT2D eigenvalue weighted by atomic mass is 35.5. The van der Waals surface area contributed by atoms with Crippen LogP contribution in [0.1, 0.15) is 18.9 Å². The summed E-state index contributed by atoms with van der Waals surface area (Å²) in [5.74, 6) is -1.55. The SMILES string of the molecule is CCC(Nc1cccc(Cl)c1)(C(=O)O)c1cccc(F)c1. The summed E-state index contributed by atoms with van der Waals surface area (Å²) < 4.78 is 13.5. The quantitative estimate of drug-likeness (QED) is 0.866. The van der Waals surface area contributed by atoms with E-state index in [1.807, 2.05) is 0 Å². The van der Waals surface area contributed by atoms with Gasteiger partial charge in [-0.2, -0.15) is 0 Å². The third kappa shape index (κ3) is 3.16. The molecule has 5 heteroatoms. The van der Waals surface area contributed by atoms with Crippen LogP contribution in [-0.2, 0) is 10.3 Å². The van der Waals surface area contributed by atoms with Gasteiger partial charge >= 0.3 is 5.97 Å². The van der Waals surface area contributed by atoms with Gasteiger partial charge in [0.25, 0.3) is 0 Å². The predicted octanol–water partition coefficient (Wildman–Crippen LogP) is 4.28. The van der Waals surface area contributed by atoms with Crippen LogP contribution >= 0.6 is 11.6 Å². The monoisotopic (exact) mass is 307 g/mol. The van der Waals surface area contributed by atoms with Crippen molar-refractivity contribution in [1.29, 1.82) is 0 Å². The van der Waals surface area contributed by atoms with Crippen LogP contribution in [0.2, 0.25) is 5.02 Å². The Morgan fingerprint density at radius 3 is 2.57 bits per heavy atom. The number of anilines is 1. The summed E-state index contributed by atoms with van der Waals surface area (Å²) in [6.45, 7) is 1.73. The van der Waals surface area contributed by atoms with Crippen LogP contribution in [-0.4, -0.2) is 11.1 Å². The third-order valence-electron chi connectivity index (χ3n) is 3.40. The minimum atomic E-state index is -1.41. The van der Waals surface area contributed by atoms with Crippen molar-refractivity contribution in [2.75, 3.05) is 5.32 Å². The van der Waals surface area contributed by atoms with Crippen molar-refractivity contribution in [2.24, 2.45) is 0 Å². The highest BCUT2D eigenvalue weighted by Gasteiger charge is 2.39. The van der Waals surface area contributed by atoms with Gasteiger partial charge in [-0.1, -0.05) is 36.7 Å². The molecule has 0 saturated carbocycles. The molecule has 0 fully saturated rings. The Kier molecular flexibility index (Phi) is 4.48. The Hall–Kier alpha value is -2.07. The summed E-state index contributed by atoms with van der Waals surface area (Å²) in [6, 6.07) is 12.4. The Morgan fingerprint density at radius 2 is 2.00 bits per heavy atom. The van der Waals surface area contributed by atoms with E-state index < -0.39 is 17.3 Å². The minimum Gasteiger partial charge on any atom is -0.479 e. The van der Waals surface area contributed by atoms with Crippen molar-refractivity contribution in [1.82, 2.24) is 0 Å². The first-order valence-corrected chi connectivity index (χ1v) is 6.89. The van der Waals surface area contributed by atoms with Crippen molar-refractivity contribution in [3.8, 4) is 0 Å². The Morgan fingerprint density at radius 1 is 1.29 bits per heavy atom. The number of nitrogens with one attached hydrogen (secondary N) is 1. The zero-order chi connectivity index (χ0) is 15.5. The highest BCUT2D eigenvalue weighted by molar-refractivity contribution is 6.30. The molecule has 0 spiro atoms. The van der Waals surface area contributed by atoms with Crippen molar-refractivity contribution in [3.63, 3.8) is 0 Å². The number of hydrogen-bond donors (Lipinski definition) is 2. The molecule has 0 aliphatic heterocycles. The van der Waals surface area contributed by atoms with E-state index in [2.05, 4.69) is 5.32 Å². The van der Waals surface area contributed by atoms with E-state index in [0.29, 0.717) is 16.3 Å². The lowest BCUT2D eigenvalue weighted by Crippen LogP contribution is -2.43. The molecule has 0 saturated heterocycles. The molecular weight excluding hydrogens is 293 g/mol. The van der Waals surface area contributed by atoms with E-state index in [1.165, 1.54) is 18.2 Å². The van der Waals surface area contributed by atoms with Crippen LogP contribution in [0, 0.1) is 5.82 Å². The van der Waals surface area contributed by atoms with Gasteiger partial charge in [0.2, 0.25) is 0 Å². The first-order valence-electron chi connectivity index (χ1n) is 6.51. The fraction of sp³-hybridized carbons (Fsp3) is 0.188. The van der Waals surface area contributed by atoms with E-state index in [9.17, 15) is 14.3 Å². The second-order valence-electron chi connectivity index (χ2n) is 4.71. The normalized spacial score (nSPS) is 13.5. The minimum absolute atomic E-state index is 0.248. The van der Waals surface area contributed by atoms with Gasteiger partial charge in [-0.05, 0) is 42.3 Å². The predicted molar refractivity (Wildman–Crippen MR) is 81.1 cm³/mol. The Labute approximate surface area is 127 Å². The molecule has 2 aromatic rings. The van der Waals surface area contributed by atoms with Gasteiger partial charge in [-0.3, -0.25) is 0 Å². The zero-order valence-corrected chi connectivity index (χ0v) is 12.2. The molecule has 1 unspecified atom stereocenters. The van der Waals surface area contributed by atoms with Crippen LogP contribution < -0.4 is 5.32 Å². The van der Waals surface area contributed by atoms with E-state index >= 15 is 0 Å². The molecule has 0 aliphatic rings. The second-order valence-corrected chi connectivity index (χ2v) is 5.15. The number of aliphatic carboxylic acids is 1. The second kappa shape index (κ2) is 6.14. The lowest BCUT2D eigenvalue weighted by Gasteiger charge is -2.31. The fourth-order valence-corrected chi connectivity index (χ4v) is 2.45. The van der Waals surface area contributed by atoms with Crippen LogP contribution in [0.3, 0.4) is 0 Å². The van der Waals surface area contributed by atoms with Gasteiger partial charge in [-0.25, -0.2) is 9.18 Å². The van der Waals surface area contributed by atoms with Gasteiger partial charge in [0.05, 0.1) is 0 Å². The summed E-state index contributed by atoms with van der Waals surface area (Å²) in [5, 5.41) is 13.2. The zero-order valence-electron chi connectivity index (χ0n) is 11.4. The first kappa shape index (κ1) is 15.3. The molecule has 0 radical (unpaired) electrons. The van der Waals surface area contributed by atoms with E-state index in [-0.39, 0.29) is 6.42 Å². The third-order valence-corrected chi connectivity index (χ3v) is 3.63. The van der Waals surface area contributed by atoms with Crippen LogP contribution in [0.5, 0.6) is 0 Å². The standard InChI is InChI=1S/C16H15ClFNO2/c1-2-16(15(20)21,11-5-3-7-13(18)9-11)19-14-8-4-6-12(17)10-14/h3-10,19H,2H2,1H3,(H,20,21). The summed E-state index contributed by atoms with van der Waals surface area (Å²) >= 11 is 5.92. The molecule has 2 aromatic carbocycles. The van der Waals surface area contributed by atoms with Gasteiger partial charge in [0.15, 0.2) is 5.54 Å². The van der Waals surface area contributed by atoms with Gasteiger partial charge in [0, 0.05) is 10.7 Å². The Bertz CT molecular complexity index is 662. The first-order chi connectivity index (χ1) is 9.98. The molecular formula is C16H15ClFNO2. The summed E-state index contributed by atoms with van der Waals surface area (Å²) in [6.07, 6.45) is 0.248. The maximum atomic E-state index is 13.5. The summed E-state index contributed by atoms with van der Waals surface area (Å²) in [5.41, 5.74) is -0.485. The molecule has 2 N–H and O–H groups in total. The number of carboxylic acids is 1. The molecule has 0 bridgehead atoms. The van der Waals surface area contributed by atoms with Crippen LogP contribution in [0.15, 0.2) is 48.5 Å². The lowest BCUT2D eigenvalue weighted by molar-refractivity contribution is -0.142. The molecule has 0 heterocycles. The van der Waals surface area contributed by atoms with Gasteiger partial charge in [-0.15, -0.1) is 0 Å². The van der Waals surface area contributed by atoms with Crippen LogP contribution in [0.4, 0.5) is 10.1 Å². The molecule has 3 nitrogen and oxygen atoms in total. The lowest BCUT2D eigenvalue weighted by atomic mass is 9.86. The molecule has 21 heavy (non-hydrogen) atoms. The smallest absolute Gasteiger partial charge is 0.334 e. The van der Waals surface area contributed by atoms with Gasteiger partial charge in [0.1, 0.15) is 5.82 Å². The molecule has 0 aliphatic carbocycles. The summed E-state index contributed by atoms with van der Waals surface area (Å²) in [4.78, 5) is 11.8. The van der Waals surface area contributed by atoms with Crippen LogP contribution in [0.25, 0.3) is 0 Å². The topological polar surface area (TPSA) is 49.3 Å². The van der Waals surface area contributed by atoms with Crippen molar-refractivity contribution in [2.45, 2.75) is 18.9 Å². The van der Waals surface area contributed by atoms with Crippen molar-refractivity contribution < 1.29 is 14.3 Å². The maximum absolute atomic E-state index is 13.5. The average Bonchev–Trinajstić information content (AvgIpc) is 2.44. The highest BCUT2D eigenvalue weighted by Crippen LogP contribution is 2.31. The molecule has 0 amide bonds. The molecule has 2 rings (SSSR count). The van der Waals surface area contributed by atoms with E-state index in [4.69, 9.17) is 11.6 Å². The van der Waals surface area contributed by atoms with Crippen molar-refractivity contribution >= 4 is 23.3 Å². The molecule has 1 atom stereocenters. The van der Waals surface area contributed by atoms with E-state index in [1.54, 1.807) is 37.3 Å². The van der Waals surface area contributed by atoms with Crippen molar-refractivity contribution in [3.05, 3.63) is 64.9 Å². The number of halogens is 2. The average molecular weight is 308 g/mol. The number of benzene rings is 2. The maximum Gasteiger partial charge on any atom is 0.334 e. The Balaban J connectivity index is 2.49. The fourth-order valence-electron chi connectivity index (χ4n) is 2.26. The van der Waals surface area contributed by atoms with E-state index in [0.717, 1.165) is 0 Å². The summed E-state index contributed by atoms with van der Waals surface area (Å²) in [7, 11) is 0. The molecule has 110 valence electrons. The number of carboxylic acid groups (broad SMARTS) is 1. The molecule has 0 aromatic heterocycles. The number of rotatable bonds is 5. The van der Waals surface area contributed by atoms with Gasteiger partial charge < -0.3 is 10.4 Å². The number of hydrogen-bond acceptors (Lipinski definition) is 2. The largest absolute Gasteiger partial charge is 0.479 e. The number of carbonyl (C=O) groups is 1.